The lowest BCUT2D eigenvalue weighted by Crippen LogP contribution is -2.53. The standard InChI is InChI=1S/C30H30N6O6.C27H24N6O6/c1-19-13-22(31(4)16-37)7-10-25(19)34-28(40)35(26-11-8-23(14-20(26)2)32(5)17-38)30(42)36(29(34)41)27-12-9-24(15-21(27)3)33(6)18-39;1-16-10-19(28-13-34)4-7-22(16)31-25(37)32(23-8-5-20(29-14-35)11-17(23)2)27(39)33(26(31)38)24-9-6-21(30-15-36)12-18(24)3/h7-18H,1-6H3;4-15H,1-3H3,(H,28,34)(H,29,35)(H,30,36). The second kappa shape index (κ2) is 24.1. The molecule has 0 saturated heterocycles. The number of rotatable bonds is 18. The highest BCUT2D eigenvalue weighted by Gasteiger charge is 2.25. The van der Waals surface area contributed by atoms with Gasteiger partial charge in [0.2, 0.25) is 38.5 Å². The van der Waals surface area contributed by atoms with Gasteiger partial charge in [-0.05, 0) is 184 Å². The number of anilines is 6. The molecule has 0 bridgehead atoms. The molecule has 0 unspecified atom stereocenters. The highest BCUT2D eigenvalue weighted by molar-refractivity contribution is 5.78. The Labute approximate surface area is 460 Å². The van der Waals surface area contributed by atoms with E-state index < -0.39 is 34.1 Å². The van der Waals surface area contributed by atoms with Crippen LogP contribution in [0.4, 0.5) is 34.1 Å². The summed E-state index contributed by atoms with van der Waals surface area (Å²) in [6.07, 6.45) is 3.42. The third-order valence-electron chi connectivity index (χ3n) is 13.2. The number of carbonyl (C=O) groups excluding carboxylic acids is 6. The smallest absolute Gasteiger partial charge is 0.329 e. The molecule has 2 aromatic heterocycles. The lowest BCUT2D eigenvalue weighted by molar-refractivity contribution is -0.107. The maximum Gasteiger partial charge on any atom is 0.345 e. The Morgan fingerprint density at radius 2 is 0.481 bits per heavy atom. The molecule has 8 aromatic rings. The van der Waals surface area contributed by atoms with Crippen LogP contribution in [0.3, 0.4) is 0 Å². The van der Waals surface area contributed by atoms with Crippen LogP contribution in [0.5, 0.6) is 0 Å². The zero-order chi connectivity index (χ0) is 59.1. The average molecular weight is 1100 g/mol. The molecule has 0 saturated carbocycles. The second-order valence-corrected chi connectivity index (χ2v) is 18.6. The molecule has 3 N–H and O–H groups in total. The summed E-state index contributed by atoms with van der Waals surface area (Å²) in [5.41, 5.74) is 1.89. The van der Waals surface area contributed by atoms with Crippen molar-refractivity contribution < 1.29 is 28.8 Å². The third-order valence-corrected chi connectivity index (χ3v) is 13.2. The number of hydrogen-bond acceptors (Lipinski definition) is 12. The van der Waals surface area contributed by atoms with E-state index in [0.29, 0.717) is 106 Å². The molecule has 0 spiro atoms. The summed E-state index contributed by atoms with van der Waals surface area (Å²) < 4.78 is 5.39. The van der Waals surface area contributed by atoms with Crippen LogP contribution in [-0.2, 0) is 28.8 Å². The van der Waals surface area contributed by atoms with Crippen LogP contribution in [0.2, 0.25) is 0 Å². The molecule has 6 aromatic carbocycles. The first-order valence-electron chi connectivity index (χ1n) is 24.5. The molecule has 414 valence electrons. The molecule has 8 rings (SSSR count). The van der Waals surface area contributed by atoms with Gasteiger partial charge in [-0.15, -0.1) is 0 Å². The summed E-state index contributed by atoms with van der Waals surface area (Å²) >= 11 is 0. The highest BCUT2D eigenvalue weighted by Crippen LogP contribution is 2.25. The number of hydrogen-bond donors (Lipinski definition) is 3. The van der Waals surface area contributed by atoms with E-state index in [0.717, 1.165) is 27.4 Å². The minimum atomic E-state index is -0.906. The predicted molar refractivity (Wildman–Crippen MR) is 307 cm³/mol. The van der Waals surface area contributed by atoms with Gasteiger partial charge < -0.3 is 30.7 Å². The minimum Gasteiger partial charge on any atom is -0.329 e. The summed E-state index contributed by atoms with van der Waals surface area (Å²) in [4.78, 5) is 154. The molecule has 0 atom stereocenters. The molecule has 2 heterocycles. The minimum absolute atomic E-state index is 0.206. The normalized spacial score (nSPS) is 10.6. The van der Waals surface area contributed by atoms with Gasteiger partial charge in [-0.3, -0.25) is 28.8 Å². The van der Waals surface area contributed by atoms with E-state index in [-0.39, 0.29) is 34.1 Å². The van der Waals surface area contributed by atoms with Gasteiger partial charge >= 0.3 is 34.1 Å². The summed E-state index contributed by atoms with van der Waals surface area (Å²) in [6.45, 7) is 10.0. The van der Waals surface area contributed by atoms with E-state index in [1.54, 1.807) is 117 Å². The van der Waals surface area contributed by atoms with E-state index in [2.05, 4.69) is 16.0 Å². The molecular formula is C57H54N12O12. The van der Waals surface area contributed by atoms with E-state index in [9.17, 15) is 57.5 Å². The van der Waals surface area contributed by atoms with Gasteiger partial charge in [0.05, 0.1) is 34.1 Å². The molecule has 24 nitrogen and oxygen atoms in total. The molecule has 0 aliphatic rings. The zero-order valence-electron chi connectivity index (χ0n) is 45.3. The van der Waals surface area contributed by atoms with Crippen molar-refractivity contribution in [1.29, 1.82) is 0 Å². The van der Waals surface area contributed by atoms with Gasteiger partial charge in [-0.25, -0.2) is 56.2 Å². The Hall–Kier alpha value is -11.0. The summed E-state index contributed by atoms with van der Waals surface area (Å²) in [6, 6.07) is 28.2. The first-order chi connectivity index (χ1) is 38.7. The number of carbonyl (C=O) groups is 6. The molecule has 24 heteroatoms. The molecular weight excluding hydrogens is 1040 g/mol. The molecule has 81 heavy (non-hydrogen) atoms. The summed E-state index contributed by atoms with van der Waals surface area (Å²) in [5, 5.41) is 7.55. The van der Waals surface area contributed by atoms with Gasteiger partial charge in [0, 0.05) is 55.3 Å². The number of nitrogens with one attached hydrogen (secondary N) is 3. The Balaban J connectivity index is 0.000000234. The van der Waals surface area contributed by atoms with Crippen LogP contribution in [-0.4, -0.2) is 87.0 Å². The van der Waals surface area contributed by atoms with Crippen LogP contribution in [0.1, 0.15) is 33.4 Å². The van der Waals surface area contributed by atoms with Crippen molar-refractivity contribution in [2.75, 3.05) is 51.8 Å². The van der Waals surface area contributed by atoms with E-state index in [1.165, 1.54) is 69.3 Å². The number of aromatic nitrogens is 6. The van der Waals surface area contributed by atoms with Gasteiger partial charge in [-0.2, -0.15) is 0 Å². The van der Waals surface area contributed by atoms with E-state index in [4.69, 9.17) is 0 Å². The second-order valence-electron chi connectivity index (χ2n) is 18.6. The number of nitrogens with zero attached hydrogens (tertiary/aromatic N) is 9. The Kier molecular flexibility index (Phi) is 17.2. The molecule has 0 aliphatic heterocycles. The first-order valence-corrected chi connectivity index (χ1v) is 24.5. The van der Waals surface area contributed by atoms with Crippen LogP contribution >= 0.6 is 0 Å². The predicted octanol–water partition coefficient (Wildman–Crippen LogP) is 3.61. The average Bonchev–Trinajstić information content (AvgIpc) is 3.50. The van der Waals surface area contributed by atoms with Gasteiger partial charge in [-0.1, -0.05) is 0 Å². The monoisotopic (exact) mass is 1100 g/mol. The topological polar surface area (TPSA) is 280 Å². The van der Waals surface area contributed by atoms with E-state index in [1.807, 2.05) is 0 Å². The third kappa shape index (κ3) is 11.2. The summed E-state index contributed by atoms with van der Waals surface area (Å²) in [5.74, 6) is 0. The van der Waals surface area contributed by atoms with Crippen molar-refractivity contribution >= 4 is 72.6 Å². The van der Waals surface area contributed by atoms with Crippen molar-refractivity contribution in [3.8, 4) is 34.1 Å². The fourth-order valence-corrected chi connectivity index (χ4v) is 9.03. The lowest BCUT2D eigenvalue weighted by Gasteiger charge is -2.20. The van der Waals surface area contributed by atoms with E-state index >= 15 is 0 Å². The highest BCUT2D eigenvalue weighted by atomic mass is 16.2. The Morgan fingerprint density at radius 3 is 0.642 bits per heavy atom. The van der Waals surface area contributed by atoms with Gasteiger partial charge in [0.1, 0.15) is 0 Å². The van der Waals surface area contributed by atoms with Crippen molar-refractivity contribution in [1.82, 2.24) is 27.4 Å². The van der Waals surface area contributed by atoms with Crippen molar-refractivity contribution in [2.45, 2.75) is 41.5 Å². The fraction of sp³-hybridized carbons (Fsp3) is 0.158. The number of amides is 6. The van der Waals surface area contributed by atoms with Crippen LogP contribution < -0.4 is 64.8 Å². The molecule has 0 radical (unpaired) electrons. The number of aryl methyl sites for hydroxylation is 6. The maximum atomic E-state index is 14.1. The summed E-state index contributed by atoms with van der Waals surface area (Å²) in [7, 11) is 4.72. The SMILES string of the molecule is Cc1cc(N(C)C=O)ccc1-n1c(=O)n(-c2ccc(N(C)C=O)cc2C)c(=O)n(-c2ccc(N(C)C=O)cc2C)c1=O.Cc1cc(NC=O)ccc1-n1c(=O)n(-c2ccc(NC=O)cc2C)c(=O)n(-c2ccc(NC=O)cc2C)c1=O. The Morgan fingerprint density at radius 1 is 0.296 bits per heavy atom. The quantitative estimate of drug-likeness (QED) is 0.104. The van der Waals surface area contributed by atoms with Gasteiger partial charge in [0.25, 0.3) is 0 Å². The molecule has 6 amide bonds. The fourth-order valence-electron chi connectivity index (χ4n) is 9.03. The van der Waals surface area contributed by atoms with Crippen molar-refractivity contribution in [3.63, 3.8) is 0 Å². The molecule has 0 aliphatic carbocycles. The van der Waals surface area contributed by atoms with Crippen LogP contribution in [0.15, 0.2) is 138 Å². The Bertz CT molecular complexity index is 3760. The molecule has 0 fully saturated rings. The van der Waals surface area contributed by atoms with Crippen molar-refractivity contribution in [3.05, 3.63) is 205 Å². The van der Waals surface area contributed by atoms with Gasteiger partial charge in [0.15, 0.2) is 0 Å². The van der Waals surface area contributed by atoms with Crippen molar-refractivity contribution in [2.24, 2.45) is 0 Å². The maximum absolute atomic E-state index is 14.1. The van der Waals surface area contributed by atoms with Crippen LogP contribution in [0.25, 0.3) is 34.1 Å². The van der Waals surface area contributed by atoms with Crippen LogP contribution in [0, 0.1) is 41.5 Å². The zero-order valence-corrected chi connectivity index (χ0v) is 45.3. The largest absolute Gasteiger partial charge is 0.345 e. The number of benzene rings is 6. The lowest BCUT2D eigenvalue weighted by atomic mass is 10.1. The first kappa shape index (κ1) is 57.7.